The normalized spacial score (nSPS) is 12.1. The zero-order valence-electron chi connectivity index (χ0n) is 8.58. The lowest BCUT2D eigenvalue weighted by Crippen LogP contribution is -2.00. The minimum atomic E-state index is -0.720. The molecule has 0 bridgehead atoms. The van der Waals surface area contributed by atoms with Crippen molar-refractivity contribution in [2.75, 3.05) is 0 Å². The smallest absolute Gasteiger partial charge is 0.150 e. The highest BCUT2D eigenvalue weighted by atomic mass is 16.3. The Hall–Kier alpha value is -2.00. The summed E-state index contributed by atoms with van der Waals surface area (Å²) >= 11 is 0. The lowest BCUT2D eigenvalue weighted by molar-refractivity contribution is 0.112. The van der Waals surface area contributed by atoms with E-state index in [1.54, 1.807) is 48.8 Å². The summed E-state index contributed by atoms with van der Waals surface area (Å²) in [5.74, 6) is 0. The Morgan fingerprint density at radius 1 is 1.12 bits per heavy atom. The lowest BCUT2D eigenvalue weighted by Gasteiger charge is -2.11. The van der Waals surface area contributed by atoms with E-state index in [4.69, 9.17) is 0 Å². The summed E-state index contributed by atoms with van der Waals surface area (Å²) in [5, 5.41) is 10.1. The number of aldehydes is 1. The molecule has 1 aromatic carbocycles. The molecule has 3 heteroatoms. The first-order valence-corrected chi connectivity index (χ1v) is 4.94. The van der Waals surface area contributed by atoms with Crippen molar-refractivity contribution in [3.63, 3.8) is 0 Å². The molecule has 0 aliphatic rings. The summed E-state index contributed by atoms with van der Waals surface area (Å²) in [6.45, 7) is 0. The van der Waals surface area contributed by atoms with Crippen LogP contribution in [0.2, 0.25) is 0 Å². The molecule has 0 saturated heterocycles. The van der Waals surface area contributed by atoms with Gasteiger partial charge in [0, 0.05) is 18.0 Å². The SMILES string of the molecule is O=Cc1cccc(C(O)c2ccncc2)c1. The Kier molecular flexibility index (Phi) is 3.08. The van der Waals surface area contributed by atoms with Crippen LogP contribution >= 0.6 is 0 Å². The minimum absolute atomic E-state index is 0.561. The van der Waals surface area contributed by atoms with Crippen LogP contribution in [0.25, 0.3) is 0 Å². The van der Waals surface area contributed by atoms with Crippen LogP contribution in [-0.2, 0) is 0 Å². The van der Waals surface area contributed by atoms with Crippen LogP contribution in [0, 0.1) is 0 Å². The van der Waals surface area contributed by atoms with Crippen LogP contribution in [0.15, 0.2) is 48.8 Å². The zero-order chi connectivity index (χ0) is 11.4. The first-order valence-electron chi connectivity index (χ1n) is 4.94. The molecule has 0 saturated carbocycles. The van der Waals surface area contributed by atoms with E-state index in [1.807, 2.05) is 0 Å². The summed E-state index contributed by atoms with van der Waals surface area (Å²) in [7, 11) is 0. The summed E-state index contributed by atoms with van der Waals surface area (Å²) < 4.78 is 0. The standard InChI is InChI=1S/C13H11NO2/c15-9-10-2-1-3-12(8-10)13(16)11-4-6-14-7-5-11/h1-9,13,16H. The number of aliphatic hydroxyl groups excluding tert-OH is 1. The molecule has 0 spiro atoms. The maximum atomic E-state index is 10.6. The molecule has 0 radical (unpaired) electrons. The molecule has 80 valence electrons. The van der Waals surface area contributed by atoms with Gasteiger partial charge in [0.1, 0.15) is 12.4 Å². The maximum Gasteiger partial charge on any atom is 0.150 e. The number of aromatic nitrogens is 1. The van der Waals surface area contributed by atoms with Crippen LogP contribution in [0.1, 0.15) is 27.6 Å². The minimum Gasteiger partial charge on any atom is -0.384 e. The van der Waals surface area contributed by atoms with Crippen molar-refractivity contribution in [1.82, 2.24) is 4.98 Å². The molecule has 1 heterocycles. The first-order chi connectivity index (χ1) is 7.81. The van der Waals surface area contributed by atoms with Gasteiger partial charge in [-0.25, -0.2) is 0 Å². The number of hydrogen-bond donors (Lipinski definition) is 1. The predicted molar refractivity (Wildman–Crippen MR) is 60.1 cm³/mol. The quantitative estimate of drug-likeness (QED) is 0.793. The number of carbonyl (C=O) groups excluding carboxylic acids is 1. The van der Waals surface area contributed by atoms with Crippen LogP contribution in [-0.4, -0.2) is 16.4 Å². The Morgan fingerprint density at radius 3 is 2.56 bits per heavy atom. The van der Waals surface area contributed by atoms with Gasteiger partial charge in [0.05, 0.1) is 0 Å². The number of benzene rings is 1. The van der Waals surface area contributed by atoms with Gasteiger partial charge in [-0.2, -0.15) is 0 Å². The van der Waals surface area contributed by atoms with Crippen molar-refractivity contribution >= 4 is 6.29 Å². The molecule has 2 rings (SSSR count). The maximum absolute atomic E-state index is 10.6. The molecular formula is C13H11NO2. The van der Waals surface area contributed by atoms with Crippen molar-refractivity contribution in [3.8, 4) is 0 Å². The summed E-state index contributed by atoms with van der Waals surface area (Å²) in [6.07, 6.45) is 3.30. The van der Waals surface area contributed by atoms with E-state index in [2.05, 4.69) is 4.98 Å². The van der Waals surface area contributed by atoms with E-state index in [0.29, 0.717) is 11.1 Å². The largest absolute Gasteiger partial charge is 0.384 e. The van der Waals surface area contributed by atoms with Gasteiger partial charge >= 0.3 is 0 Å². The third-order valence-corrected chi connectivity index (χ3v) is 2.38. The molecule has 0 fully saturated rings. The highest BCUT2D eigenvalue weighted by molar-refractivity contribution is 5.75. The molecule has 16 heavy (non-hydrogen) atoms. The molecule has 1 atom stereocenters. The first kappa shape index (κ1) is 10.5. The molecule has 0 amide bonds. The molecule has 1 aromatic heterocycles. The number of nitrogens with zero attached hydrogens (tertiary/aromatic N) is 1. The van der Waals surface area contributed by atoms with Gasteiger partial charge in [-0.05, 0) is 29.3 Å². The number of aliphatic hydroxyl groups is 1. The van der Waals surface area contributed by atoms with Crippen molar-refractivity contribution in [2.24, 2.45) is 0 Å². The van der Waals surface area contributed by atoms with Crippen molar-refractivity contribution in [3.05, 3.63) is 65.5 Å². The molecule has 0 aliphatic heterocycles. The fourth-order valence-electron chi connectivity index (χ4n) is 1.54. The van der Waals surface area contributed by atoms with Gasteiger partial charge in [-0.15, -0.1) is 0 Å². The molecule has 2 aromatic rings. The predicted octanol–water partition coefficient (Wildman–Crippen LogP) is 1.98. The van der Waals surface area contributed by atoms with Gasteiger partial charge in [0.2, 0.25) is 0 Å². The zero-order valence-corrected chi connectivity index (χ0v) is 8.58. The average Bonchev–Trinajstić information content (AvgIpc) is 2.39. The third kappa shape index (κ3) is 2.15. The van der Waals surface area contributed by atoms with Crippen molar-refractivity contribution in [2.45, 2.75) is 6.10 Å². The van der Waals surface area contributed by atoms with Gasteiger partial charge in [-0.3, -0.25) is 9.78 Å². The monoisotopic (exact) mass is 213 g/mol. The molecule has 3 nitrogen and oxygen atoms in total. The Balaban J connectivity index is 2.34. The fourth-order valence-corrected chi connectivity index (χ4v) is 1.54. The van der Waals surface area contributed by atoms with E-state index >= 15 is 0 Å². The highest BCUT2D eigenvalue weighted by Crippen LogP contribution is 2.21. The summed E-state index contributed by atoms with van der Waals surface area (Å²) in [4.78, 5) is 14.5. The second kappa shape index (κ2) is 4.68. The third-order valence-electron chi connectivity index (χ3n) is 2.38. The fraction of sp³-hybridized carbons (Fsp3) is 0.0769. The number of rotatable bonds is 3. The van der Waals surface area contributed by atoms with Crippen molar-refractivity contribution in [1.29, 1.82) is 0 Å². The topological polar surface area (TPSA) is 50.2 Å². The molecule has 1 unspecified atom stereocenters. The second-order valence-corrected chi connectivity index (χ2v) is 3.47. The Bertz CT molecular complexity index is 482. The Labute approximate surface area is 93.4 Å². The van der Waals surface area contributed by atoms with Gasteiger partial charge in [-0.1, -0.05) is 18.2 Å². The number of pyridine rings is 1. The van der Waals surface area contributed by atoms with Crippen LogP contribution < -0.4 is 0 Å². The van der Waals surface area contributed by atoms with E-state index in [-0.39, 0.29) is 0 Å². The van der Waals surface area contributed by atoms with Crippen molar-refractivity contribution < 1.29 is 9.90 Å². The van der Waals surface area contributed by atoms with E-state index in [9.17, 15) is 9.90 Å². The number of carbonyl (C=O) groups is 1. The lowest BCUT2D eigenvalue weighted by atomic mass is 10.0. The molecule has 0 aliphatic carbocycles. The van der Waals surface area contributed by atoms with E-state index < -0.39 is 6.10 Å². The van der Waals surface area contributed by atoms with E-state index in [0.717, 1.165) is 11.8 Å². The number of hydrogen-bond acceptors (Lipinski definition) is 3. The van der Waals surface area contributed by atoms with Crippen LogP contribution in [0.4, 0.5) is 0 Å². The second-order valence-electron chi connectivity index (χ2n) is 3.47. The van der Waals surface area contributed by atoms with Crippen LogP contribution in [0.3, 0.4) is 0 Å². The highest BCUT2D eigenvalue weighted by Gasteiger charge is 2.09. The molecule has 1 N–H and O–H groups in total. The van der Waals surface area contributed by atoms with Gasteiger partial charge in [0.15, 0.2) is 0 Å². The van der Waals surface area contributed by atoms with E-state index in [1.165, 1.54) is 0 Å². The van der Waals surface area contributed by atoms with Crippen LogP contribution in [0.5, 0.6) is 0 Å². The Morgan fingerprint density at radius 2 is 1.88 bits per heavy atom. The van der Waals surface area contributed by atoms with Gasteiger partial charge in [0.25, 0.3) is 0 Å². The van der Waals surface area contributed by atoms with Gasteiger partial charge < -0.3 is 5.11 Å². The summed E-state index contributed by atoms with van der Waals surface area (Å²) in [6, 6.07) is 10.4. The molecular weight excluding hydrogens is 202 g/mol. The summed E-state index contributed by atoms with van der Waals surface area (Å²) in [5.41, 5.74) is 2.03. The average molecular weight is 213 g/mol.